The first kappa shape index (κ1) is 16.1. The molecule has 1 aliphatic carbocycles. The average Bonchev–Trinajstić information content (AvgIpc) is 3.33. The fraction of sp³-hybridized carbons (Fsp3) is 0.647. The normalized spacial score (nSPS) is 15.8. The molecule has 1 saturated carbocycles. The van der Waals surface area contributed by atoms with Crippen LogP contribution in [0.2, 0.25) is 0 Å². The van der Waals surface area contributed by atoms with Crippen molar-refractivity contribution in [3.05, 3.63) is 23.8 Å². The third-order valence-electron chi connectivity index (χ3n) is 3.84. The van der Waals surface area contributed by atoms with Crippen LogP contribution < -0.4 is 20.1 Å². The first-order valence-corrected chi connectivity index (χ1v) is 7.90. The lowest BCUT2D eigenvalue weighted by atomic mass is 10.1. The third kappa shape index (κ3) is 5.94. The van der Waals surface area contributed by atoms with Gasteiger partial charge in [-0.3, -0.25) is 0 Å². The third-order valence-corrected chi connectivity index (χ3v) is 3.84. The Hall–Kier alpha value is -1.26. The second kappa shape index (κ2) is 8.25. The standard InChI is InChI=1S/C17H28N2O2/c1-13(12-19-15-6-7-15)18-8-4-5-14-9-16(20-2)11-17(10-14)21-3/h9-11,13,15,18-19H,4-8,12H2,1-3H3. The van der Waals surface area contributed by atoms with Gasteiger partial charge in [0.15, 0.2) is 0 Å². The van der Waals surface area contributed by atoms with E-state index in [1.807, 2.05) is 6.07 Å². The van der Waals surface area contributed by atoms with E-state index in [1.54, 1.807) is 14.2 Å². The molecule has 0 aliphatic heterocycles. The van der Waals surface area contributed by atoms with Crippen molar-refractivity contribution < 1.29 is 9.47 Å². The minimum absolute atomic E-state index is 0.533. The van der Waals surface area contributed by atoms with E-state index in [9.17, 15) is 0 Å². The largest absolute Gasteiger partial charge is 0.497 e. The molecule has 2 N–H and O–H groups in total. The van der Waals surface area contributed by atoms with Crippen molar-refractivity contribution in [1.29, 1.82) is 0 Å². The minimum atomic E-state index is 0.533. The number of rotatable bonds is 10. The lowest BCUT2D eigenvalue weighted by Gasteiger charge is -2.14. The molecule has 1 aliphatic rings. The van der Waals surface area contributed by atoms with E-state index in [-0.39, 0.29) is 0 Å². The van der Waals surface area contributed by atoms with Crippen LogP contribution in [-0.4, -0.2) is 39.4 Å². The molecule has 4 heteroatoms. The van der Waals surface area contributed by atoms with Gasteiger partial charge in [0.2, 0.25) is 0 Å². The van der Waals surface area contributed by atoms with Crippen LogP contribution in [0.3, 0.4) is 0 Å². The molecule has 1 aromatic rings. The number of aryl methyl sites for hydroxylation is 1. The molecule has 0 heterocycles. The van der Waals surface area contributed by atoms with E-state index < -0.39 is 0 Å². The van der Waals surface area contributed by atoms with Crippen molar-refractivity contribution in [2.24, 2.45) is 0 Å². The molecule has 21 heavy (non-hydrogen) atoms. The zero-order valence-corrected chi connectivity index (χ0v) is 13.4. The molecule has 2 rings (SSSR count). The van der Waals surface area contributed by atoms with Gasteiger partial charge in [0.25, 0.3) is 0 Å². The molecule has 0 saturated heterocycles. The highest BCUT2D eigenvalue weighted by Gasteiger charge is 2.20. The fourth-order valence-corrected chi connectivity index (χ4v) is 2.35. The highest BCUT2D eigenvalue weighted by Crippen LogP contribution is 2.23. The summed E-state index contributed by atoms with van der Waals surface area (Å²) in [4.78, 5) is 0. The maximum atomic E-state index is 5.30. The Labute approximate surface area is 128 Å². The monoisotopic (exact) mass is 292 g/mol. The van der Waals surface area contributed by atoms with E-state index in [0.29, 0.717) is 6.04 Å². The zero-order chi connectivity index (χ0) is 15.1. The minimum Gasteiger partial charge on any atom is -0.497 e. The lowest BCUT2D eigenvalue weighted by Crippen LogP contribution is -2.37. The van der Waals surface area contributed by atoms with Gasteiger partial charge < -0.3 is 20.1 Å². The highest BCUT2D eigenvalue weighted by molar-refractivity contribution is 5.38. The molecule has 0 aromatic heterocycles. The predicted octanol–water partition coefficient (Wildman–Crippen LogP) is 2.37. The van der Waals surface area contributed by atoms with Crippen molar-refractivity contribution in [3.8, 4) is 11.5 Å². The van der Waals surface area contributed by atoms with Gasteiger partial charge in [0, 0.05) is 24.7 Å². The molecular weight excluding hydrogens is 264 g/mol. The van der Waals surface area contributed by atoms with E-state index >= 15 is 0 Å². The van der Waals surface area contributed by atoms with Crippen LogP contribution >= 0.6 is 0 Å². The van der Waals surface area contributed by atoms with Crippen LogP contribution in [0.4, 0.5) is 0 Å². The molecule has 0 amide bonds. The number of hydrogen-bond donors (Lipinski definition) is 2. The zero-order valence-electron chi connectivity index (χ0n) is 13.4. The molecule has 1 aromatic carbocycles. The summed E-state index contributed by atoms with van der Waals surface area (Å²) in [5.41, 5.74) is 1.26. The van der Waals surface area contributed by atoms with E-state index in [2.05, 4.69) is 29.7 Å². The van der Waals surface area contributed by atoms with Gasteiger partial charge in [0.05, 0.1) is 14.2 Å². The summed E-state index contributed by atoms with van der Waals surface area (Å²) < 4.78 is 10.6. The van der Waals surface area contributed by atoms with E-state index in [1.165, 1.54) is 18.4 Å². The summed E-state index contributed by atoms with van der Waals surface area (Å²) >= 11 is 0. The Morgan fingerprint density at radius 3 is 2.38 bits per heavy atom. The Morgan fingerprint density at radius 2 is 1.81 bits per heavy atom. The predicted molar refractivity (Wildman–Crippen MR) is 86.4 cm³/mol. The van der Waals surface area contributed by atoms with Crippen LogP contribution in [0.5, 0.6) is 11.5 Å². The Balaban J connectivity index is 1.67. The van der Waals surface area contributed by atoms with E-state index in [0.717, 1.165) is 43.5 Å². The average molecular weight is 292 g/mol. The summed E-state index contributed by atoms with van der Waals surface area (Å²) in [7, 11) is 3.38. The van der Waals surface area contributed by atoms with Crippen LogP contribution in [0, 0.1) is 0 Å². The van der Waals surface area contributed by atoms with Gasteiger partial charge in [-0.2, -0.15) is 0 Å². The fourth-order valence-electron chi connectivity index (χ4n) is 2.35. The summed E-state index contributed by atoms with van der Waals surface area (Å²) in [6.07, 6.45) is 4.85. The van der Waals surface area contributed by atoms with Gasteiger partial charge >= 0.3 is 0 Å². The van der Waals surface area contributed by atoms with Crippen molar-refractivity contribution >= 4 is 0 Å². The molecule has 0 spiro atoms. The van der Waals surface area contributed by atoms with Gasteiger partial charge in [-0.05, 0) is 56.8 Å². The van der Waals surface area contributed by atoms with Crippen molar-refractivity contribution in [2.45, 2.75) is 44.7 Å². The molecule has 118 valence electrons. The van der Waals surface area contributed by atoms with Crippen molar-refractivity contribution in [2.75, 3.05) is 27.3 Å². The summed E-state index contributed by atoms with van der Waals surface area (Å²) in [6.45, 7) is 4.34. The van der Waals surface area contributed by atoms with Gasteiger partial charge in [-0.15, -0.1) is 0 Å². The molecule has 0 radical (unpaired) electrons. The smallest absolute Gasteiger partial charge is 0.122 e. The summed E-state index contributed by atoms with van der Waals surface area (Å²) in [5.74, 6) is 1.72. The molecular formula is C17H28N2O2. The summed E-state index contributed by atoms with van der Waals surface area (Å²) in [6, 6.07) is 7.40. The van der Waals surface area contributed by atoms with Crippen LogP contribution in [0.25, 0.3) is 0 Å². The van der Waals surface area contributed by atoms with Gasteiger partial charge in [-0.1, -0.05) is 0 Å². The maximum absolute atomic E-state index is 5.30. The van der Waals surface area contributed by atoms with Crippen LogP contribution in [0.1, 0.15) is 31.7 Å². The van der Waals surface area contributed by atoms with E-state index in [4.69, 9.17) is 9.47 Å². The first-order chi connectivity index (χ1) is 10.2. The number of hydrogen-bond acceptors (Lipinski definition) is 4. The van der Waals surface area contributed by atoms with Crippen molar-refractivity contribution in [1.82, 2.24) is 10.6 Å². The van der Waals surface area contributed by atoms with Crippen LogP contribution in [-0.2, 0) is 6.42 Å². The van der Waals surface area contributed by atoms with Gasteiger partial charge in [0.1, 0.15) is 11.5 Å². The highest BCUT2D eigenvalue weighted by atomic mass is 16.5. The summed E-state index contributed by atoms with van der Waals surface area (Å²) in [5, 5.41) is 7.12. The molecule has 1 atom stereocenters. The number of nitrogens with one attached hydrogen (secondary N) is 2. The molecule has 4 nitrogen and oxygen atoms in total. The molecule has 0 bridgehead atoms. The number of ether oxygens (including phenoxy) is 2. The quantitative estimate of drug-likeness (QED) is 0.650. The Bertz CT molecular complexity index is 411. The van der Waals surface area contributed by atoms with Gasteiger partial charge in [-0.25, -0.2) is 0 Å². The molecule has 1 fully saturated rings. The molecule has 1 unspecified atom stereocenters. The maximum Gasteiger partial charge on any atom is 0.122 e. The Morgan fingerprint density at radius 1 is 1.14 bits per heavy atom. The number of benzene rings is 1. The van der Waals surface area contributed by atoms with Crippen molar-refractivity contribution in [3.63, 3.8) is 0 Å². The first-order valence-electron chi connectivity index (χ1n) is 7.90. The lowest BCUT2D eigenvalue weighted by molar-refractivity contribution is 0.393. The second-order valence-electron chi connectivity index (χ2n) is 5.86. The SMILES string of the molecule is COc1cc(CCCNC(C)CNC2CC2)cc(OC)c1. The second-order valence-corrected chi connectivity index (χ2v) is 5.86. The number of methoxy groups -OCH3 is 2. The van der Waals surface area contributed by atoms with Crippen LogP contribution in [0.15, 0.2) is 18.2 Å². The Kier molecular flexibility index (Phi) is 6.33. The topological polar surface area (TPSA) is 42.5 Å².